The number of nitrogens with one attached hydrogen (secondary N) is 2. The van der Waals surface area contributed by atoms with Crippen molar-refractivity contribution in [2.75, 3.05) is 24.6 Å². The summed E-state index contributed by atoms with van der Waals surface area (Å²) in [6.07, 6.45) is 3.87. The summed E-state index contributed by atoms with van der Waals surface area (Å²) < 4.78 is 23.3. The van der Waals surface area contributed by atoms with Gasteiger partial charge in [-0.1, -0.05) is 36.4 Å². The Labute approximate surface area is 156 Å². The predicted octanol–water partition coefficient (Wildman–Crippen LogP) is 2.09. The van der Waals surface area contributed by atoms with Crippen LogP contribution in [0.25, 0.3) is 0 Å². The third-order valence-corrected chi connectivity index (χ3v) is 6.92. The smallest absolute Gasteiger partial charge is 0.191 e. The van der Waals surface area contributed by atoms with E-state index in [0.29, 0.717) is 24.9 Å². The number of nitrogens with zero attached hydrogens (tertiary/aromatic N) is 1. The highest BCUT2D eigenvalue weighted by Gasteiger charge is 2.28. The average molecular weight is 376 g/mol. The molecule has 1 aliphatic heterocycles. The first-order valence-corrected chi connectivity index (χ1v) is 11.2. The first kappa shape index (κ1) is 19.0. The lowest BCUT2D eigenvalue weighted by Crippen LogP contribution is -2.47. The van der Waals surface area contributed by atoms with Crippen LogP contribution in [0, 0.1) is 5.92 Å². The Bertz CT molecular complexity index is 786. The van der Waals surface area contributed by atoms with Crippen molar-refractivity contribution >= 4 is 15.8 Å². The molecule has 0 bridgehead atoms. The van der Waals surface area contributed by atoms with Crippen LogP contribution in [0.15, 0.2) is 41.4 Å². The molecule has 3 rings (SSSR count). The van der Waals surface area contributed by atoms with Crippen molar-refractivity contribution in [3.63, 3.8) is 0 Å². The minimum absolute atomic E-state index is 0.170. The zero-order valence-electron chi connectivity index (χ0n) is 15.5. The van der Waals surface area contributed by atoms with Crippen LogP contribution in [-0.2, 0) is 22.7 Å². The lowest BCUT2D eigenvalue weighted by molar-refractivity contribution is 0.510. The van der Waals surface area contributed by atoms with Crippen molar-refractivity contribution < 1.29 is 8.42 Å². The molecule has 1 saturated heterocycles. The summed E-state index contributed by atoms with van der Waals surface area (Å²) in [5, 5.41) is 6.90. The van der Waals surface area contributed by atoms with Gasteiger partial charge in [0.25, 0.3) is 0 Å². The van der Waals surface area contributed by atoms with Crippen molar-refractivity contribution in [3.05, 3.63) is 47.5 Å². The minimum Gasteiger partial charge on any atom is -0.356 e. The molecule has 0 spiro atoms. The maximum Gasteiger partial charge on any atom is 0.191 e. The predicted molar refractivity (Wildman–Crippen MR) is 107 cm³/mol. The highest BCUT2D eigenvalue weighted by atomic mass is 32.2. The Morgan fingerprint density at radius 1 is 1.27 bits per heavy atom. The summed E-state index contributed by atoms with van der Waals surface area (Å²) in [6, 6.07) is 8.94. The normalized spacial score (nSPS) is 24.7. The summed E-state index contributed by atoms with van der Waals surface area (Å²) >= 11 is 0. The highest BCUT2D eigenvalue weighted by molar-refractivity contribution is 7.91. The second-order valence-electron chi connectivity index (χ2n) is 7.62. The molecule has 2 N–H and O–H groups in total. The van der Waals surface area contributed by atoms with Gasteiger partial charge < -0.3 is 10.6 Å². The fraction of sp³-hybridized carbons (Fsp3) is 0.550. The molecule has 142 valence electrons. The molecule has 1 heterocycles. The van der Waals surface area contributed by atoms with Gasteiger partial charge in [-0.15, -0.1) is 0 Å². The van der Waals surface area contributed by atoms with E-state index in [-0.39, 0.29) is 11.7 Å². The van der Waals surface area contributed by atoms with Crippen LogP contribution < -0.4 is 10.6 Å². The standard InChI is InChI=1S/C20H29N3O2S/c1-15(2)12-21-20(22-13-16-9-10-26(24,25)14-16)23-19-8-7-17-5-3-4-6-18(17)11-19/h3-6,16,19H,1,7-14H2,2H3,(H2,21,22,23). The number of benzene rings is 1. The van der Waals surface area contributed by atoms with Crippen molar-refractivity contribution in [2.45, 2.75) is 38.6 Å². The van der Waals surface area contributed by atoms with Crippen molar-refractivity contribution in [3.8, 4) is 0 Å². The van der Waals surface area contributed by atoms with Gasteiger partial charge >= 0.3 is 0 Å². The van der Waals surface area contributed by atoms with Gasteiger partial charge in [0, 0.05) is 12.6 Å². The van der Waals surface area contributed by atoms with E-state index in [2.05, 4.69) is 46.5 Å². The molecule has 0 saturated carbocycles. The van der Waals surface area contributed by atoms with E-state index in [0.717, 1.165) is 37.2 Å². The van der Waals surface area contributed by atoms with E-state index in [1.54, 1.807) is 0 Å². The lowest BCUT2D eigenvalue weighted by atomic mass is 9.88. The Balaban J connectivity index is 1.60. The molecule has 6 heteroatoms. The SMILES string of the molecule is C=C(C)CN=C(NCC1CCS(=O)(=O)C1)NC1CCc2ccccc2C1. The molecule has 1 fully saturated rings. The summed E-state index contributed by atoms with van der Waals surface area (Å²) in [5.41, 5.74) is 3.84. The highest BCUT2D eigenvalue weighted by Crippen LogP contribution is 2.21. The van der Waals surface area contributed by atoms with E-state index >= 15 is 0 Å². The molecule has 2 unspecified atom stereocenters. The second-order valence-corrected chi connectivity index (χ2v) is 9.85. The van der Waals surface area contributed by atoms with Crippen LogP contribution in [0.1, 0.15) is 30.9 Å². The largest absolute Gasteiger partial charge is 0.356 e. The van der Waals surface area contributed by atoms with Gasteiger partial charge in [0.1, 0.15) is 0 Å². The fourth-order valence-corrected chi connectivity index (χ4v) is 5.52. The van der Waals surface area contributed by atoms with E-state index in [1.807, 2.05) is 6.92 Å². The molecule has 1 aromatic rings. The molecule has 0 amide bonds. The topological polar surface area (TPSA) is 70.6 Å². The number of aliphatic imine (C=N–C) groups is 1. The zero-order chi connectivity index (χ0) is 18.6. The molecule has 2 aliphatic rings. The molecule has 26 heavy (non-hydrogen) atoms. The maximum atomic E-state index is 11.6. The van der Waals surface area contributed by atoms with Gasteiger partial charge in [0.2, 0.25) is 0 Å². The summed E-state index contributed by atoms with van der Waals surface area (Å²) in [4.78, 5) is 4.62. The third kappa shape index (κ3) is 5.34. The number of sulfone groups is 1. The quantitative estimate of drug-likeness (QED) is 0.470. The third-order valence-electron chi connectivity index (χ3n) is 5.08. The molecule has 0 aromatic heterocycles. The summed E-state index contributed by atoms with van der Waals surface area (Å²) in [6.45, 7) is 7.09. The molecule has 1 aliphatic carbocycles. The molecular weight excluding hydrogens is 346 g/mol. The van der Waals surface area contributed by atoms with Crippen LogP contribution in [0.5, 0.6) is 0 Å². The molecular formula is C20H29N3O2S. The second kappa shape index (κ2) is 8.25. The minimum atomic E-state index is -2.84. The van der Waals surface area contributed by atoms with Crippen LogP contribution in [0.4, 0.5) is 0 Å². The van der Waals surface area contributed by atoms with Gasteiger partial charge in [0.05, 0.1) is 18.1 Å². The number of aryl methyl sites for hydroxylation is 1. The average Bonchev–Trinajstić information content (AvgIpc) is 2.96. The van der Waals surface area contributed by atoms with E-state index in [9.17, 15) is 8.42 Å². The Morgan fingerprint density at radius 2 is 2.04 bits per heavy atom. The number of hydrogen-bond acceptors (Lipinski definition) is 3. The summed E-state index contributed by atoms with van der Waals surface area (Å²) in [5.74, 6) is 1.53. The van der Waals surface area contributed by atoms with Crippen LogP contribution in [0.3, 0.4) is 0 Å². The van der Waals surface area contributed by atoms with E-state index < -0.39 is 9.84 Å². The van der Waals surface area contributed by atoms with Gasteiger partial charge in [-0.25, -0.2) is 13.4 Å². The van der Waals surface area contributed by atoms with Gasteiger partial charge in [-0.3, -0.25) is 0 Å². The zero-order valence-corrected chi connectivity index (χ0v) is 16.3. The van der Waals surface area contributed by atoms with E-state index in [1.165, 1.54) is 11.1 Å². The number of rotatable bonds is 5. The van der Waals surface area contributed by atoms with Gasteiger partial charge in [0.15, 0.2) is 15.8 Å². The Kier molecular flexibility index (Phi) is 6.01. The molecule has 5 nitrogen and oxygen atoms in total. The molecule has 1 aromatic carbocycles. The van der Waals surface area contributed by atoms with E-state index in [4.69, 9.17) is 0 Å². The van der Waals surface area contributed by atoms with Crippen molar-refractivity contribution in [1.29, 1.82) is 0 Å². The van der Waals surface area contributed by atoms with Crippen LogP contribution >= 0.6 is 0 Å². The van der Waals surface area contributed by atoms with Crippen molar-refractivity contribution in [1.82, 2.24) is 10.6 Å². The fourth-order valence-electron chi connectivity index (χ4n) is 3.65. The first-order valence-electron chi connectivity index (χ1n) is 9.38. The van der Waals surface area contributed by atoms with Crippen LogP contribution in [0.2, 0.25) is 0 Å². The monoisotopic (exact) mass is 375 g/mol. The van der Waals surface area contributed by atoms with Crippen molar-refractivity contribution in [2.24, 2.45) is 10.9 Å². The van der Waals surface area contributed by atoms with Gasteiger partial charge in [-0.05, 0) is 49.7 Å². The molecule has 2 atom stereocenters. The Morgan fingerprint density at radius 3 is 2.73 bits per heavy atom. The summed E-state index contributed by atoms with van der Waals surface area (Å²) in [7, 11) is -2.84. The maximum absolute atomic E-state index is 11.6. The first-order chi connectivity index (χ1) is 12.4. The number of hydrogen-bond donors (Lipinski definition) is 2. The van der Waals surface area contributed by atoms with Gasteiger partial charge in [-0.2, -0.15) is 0 Å². The number of guanidine groups is 1. The Hall–Kier alpha value is -1.82. The number of fused-ring (bicyclic) bond motifs is 1. The molecule has 0 radical (unpaired) electrons. The van der Waals surface area contributed by atoms with Crippen LogP contribution in [-0.4, -0.2) is 45.0 Å². The lowest BCUT2D eigenvalue weighted by Gasteiger charge is -2.27.